The highest BCUT2D eigenvalue weighted by Gasteiger charge is 2.34. The molecule has 0 spiro atoms. The monoisotopic (exact) mass is 328 g/mol. The number of thiophene rings is 1. The van der Waals surface area contributed by atoms with Crippen molar-refractivity contribution < 1.29 is 4.79 Å². The summed E-state index contributed by atoms with van der Waals surface area (Å²) < 4.78 is 0. The summed E-state index contributed by atoms with van der Waals surface area (Å²) in [7, 11) is 0. The second kappa shape index (κ2) is 7.61. The molecule has 118 valence electrons. The van der Waals surface area contributed by atoms with Crippen LogP contribution in [-0.4, -0.2) is 22.9 Å². The lowest BCUT2D eigenvalue weighted by molar-refractivity contribution is -0.133. The van der Waals surface area contributed by atoms with Gasteiger partial charge in [0.1, 0.15) is 0 Å². The molecule has 1 aromatic heterocycles. The number of nitrogens with two attached hydrogens (primary N) is 1. The molecule has 1 heterocycles. The molecule has 5 heteroatoms. The molecule has 0 radical (unpaired) electrons. The van der Waals surface area contributed by atoms with Crippen molar-refractivity contribution in [3.63, 3.8) is 0 Å². The summed E-state index contributed by atoms with van der Waals surface area (Å²) in [6.45, 7) is 0.795. The Hall–Kier alpha value is -0.580. The summed E-state index contributed by atoms with van der Waals surface area (Å²) in [5, 5.41) is 2.09. The molecule has 0 aliphatic heterocycles. The first-order valence-electron chi connectivity index (χ1n) is 7.81. The zero-order valence-corrected chi connectivity index (χ0v) is 14.0. The molecule has 2 unspecified atom stereocenters. The van der Waals surface area contributed by atoms with E-state index in [1.807, 2.05) is 0 Å². The fourth-order valence-corrected chi connectivity index (χ4v) is 3.91. The van der Waals surface area contributed by atoms with E-state index >= 15 is 0 Å². The second-order valence-electron chi connectivity index (χ2n) is 6.24. The van der Waals surface area contributed by atoms with Crippen LogP contribution in [0.1, 0.15) is 49.8 Å². The maximum atomic E-state index is 12.6. The van der Waals surface area contributed by atoms with E-state index in [0.717, 1.165) is 19.4 Å². The van der Waals surface area contributed by atoms with Crippen LogP contribution in [0.4, 0.5) is 0 Å². The molecular weight excluding hydrogens is 304 g/mol. The Morgan fingerprint density at radius 3 is 2.67 bits per heavy atom. The van der Waals surface area contributed by atoms with E-state index in [4.69, 9.17) is 5.73 Å². The van der Waals surface area contributed by atoms with Crippen LogP contribution in [-0.2, 0) is 11.3 Å². The van der Waals surface area contributed by atoms with Crippen molar-refractivity contribution in [1.29, 1.82) is 0 Å². The van der Waals surface area contributed by atoms with Crippen molar-refractivity contribution in [2.75, 3.05) is 0 Å². The maximum Gasteiger partial charge on any atom is 0.223 e. The summed E-state index contributed by atoms with van der Waals surface area (Å²) in [6, 6.07) is 4.91. The fourth-order valence-electron chi connectivity index (χ4n) is 3.21. The number of amides is 1. The number of halogens is 1. The summed E-state index contributed by atoms with van der Waals surface area (Å²) in [4.78, 5) is 16.0. The number of hydrogen-bond acceptors (Lipinski definition) is 3. The van der Waals surface area contributed by atoms with Crippen molar-refractivity contribution in [2.24, 2.45) is 11.7 Å². The molecule has 2 saturated carbocycles. The van der Waals surface area contributed by atoms with E-state index in [2.05, 4.69) is 22.4 Å². The van der Waals surface area contributed by atoms with Gasteiger partial charge in [0.2, 0.25) is 5.91 Å². The van der Waals surface area contributed by atoms with Gasteiger partial charge in [0, 0.05) is 23.4 Å². The largest absolute Gasteiger partial charge is 0.335 e. The second-order valence-corrected chi connectivity index (χ2v) is 7.28. The van der Waals surface area contributed by atoms with E-state index < -0.39 is 0 Å². The number of carbonyl (C=O) groups excluding carboxylic acids is 1. The Kier molecular flexibility index (Phi) is 6.08. The third kappa shape index (κ3) is 4.44. The lowest BCUT2D eigenvalue weighted by Crippen LogP contribution is -2.39. The Labute approximate surface area is 137 Å². The predicted molar refractivity (Wildman–Crippen MR) is 89.7 cm³/mol. The van der Waals surface area contributed by atoms with Crippen LogP contribution in [0.25, 0.3) is 0 Å². The molecule has 1 aromatic rings. The van der Waals surface area contributed by atoms with E-state index in [-0.39, 0.29) is 18.4 Å². The summed E-state index contributed by atoms with van der Waals surface area (Å²) in [6.07, 6.45) is 7.69. The summed E-state index contributed by atoms with van der Waals surface area (Å²) in [5.41, 5.74) is 6.19. The van der Waals surface area contributed by atoms with Crippen LogP contribution in [0.2, 0.25) is 0 Å². The van der Waals surface area contributed by atoms with Crippen LogP contribution >= 0.6 is 23.7 Å². The fraction of sp³-hybridized carbons (Fsp3) is 0.688. The molecule has 2 N–H and O–H groups in total. The smallest absolute Gasteiger partial charge is 0.223 e. The van der Waals surface area contributed by atoms with Crippen molar-refractivity contribution >= 4 is 29.7 Å². The molecule has 0 bridgehead atoms. The molecule has 2 fully saturated rings. The lowest BCUT2D eigenvalue weighted by atomic mass is 9.82. The molecule has 3 rings (SSSR count). The highest BCUT2D eigenvalue weighted by molar-refractivity contribution is 7.09. The van der Waals surface area contributed by atoms with Gasteiger partial charge in [0.15, 0.2) is 0 Å². The molecule has 0 saturated heterocycles. The standard InChI is InChI=1S/C16H24N2OS.ClH/c17-15-6-2-1-4-12(15)10-16(19)18(13-7-8-13)11-14-5-3-9-20-14;/h3,5,9,12-13,15H,1-2,4,6-8,10-11,17H2;1H. The topological polar surface area (TPSA) is 46.3 Å². The van der Waals surface area contributed by atoms with Crippen LogP contribution in [0.15, 0.2) is 17.5 Å². The summed E-state index contributed by atoms with van der Waals surface area (Å²) in [5.74, 6) is 0.726. The highest BCUT2D eigenvalue weighted by Crippen LogP contribution is 2.32. The highest BCUT2D eigenvalue weighted by atomic mass is 35.5. The first-order valence-corrected chi connectivity index (χ1v) is 8.69. The van der Waals surface area contributed by atoms with Crippen molar-refractivity contribution in [3.8, 4) is 0 Å². The normalized spacial score (nSPS) is 25.2. The van der Waals surface area contributed by atoms with Crippen LogP contribution in [0.3, 0.4) is 0 Å². The number of rotatable bonds is 5. The minimum absolute atomic E-state index is 0. The molecule has 3 nitrogen and oxygen atoms in total. The minimum atomic E-state index is 0. The first-order chi connectivity index (χ1) is 9.74. The van der Waals surface area contributed by atoms with Gasteiger partial charge in [-0.1, -0.05) is 18.9 Å². The molecule has 0 aromatic carbocycles. The van der Waals surface area contributed by atoms with E-state index in [1.54, 1.807) is 11.3 Å². The molecule has 2 atom stereocenters. The number of carbonyl (C=O) groups is 1. The van der Waals surface area contributed by atoms with Gasteiger partial charge >= 0.3 is 0 Å². The Morgan fingerprint density at radius 2 is 2.05 bits per heavy atom. The van der Waals surface area contributed by atoms with Gasteiger partial charge in [-0.05, 0) is 43.0 Å². The van der Waals surface area contributed by atoms with E-state index in [0.29, 0.717) is 24.3 Å². The minimum Gasteiger partial charge on any atom is -0.335 e. The molecule has 2 aliphatic carbocycles. The van der Waals surface area contributed by atoms with E-state index in [9.17, 15) is 4.79 Å². The average Bonchev–Trinajstić information content (AvgIpc) is 3.15. The first kappa shape index (κ1) is 16.8. The quantitative estimate of drug-likeness (QED) is 0.898. The van der Waals surface area contributed by atoms with Gasteiger partial charge < -0.3 is 10.6 Å². The van der Waals surface area contributed by atoms with Crippen molar-refractivity contribution in [2.45, 2.75) is 63.6 Å². The van der Waals surface area contributed by atoms with Crippen LogP contribution < -0.4 is 5.73 Å². The number of hydrogen-bond donors (Lipinski definition) is 1. The zero-order valence-electron chi connectivity index (χ0n) is 12.4. The third-order valence-electron chi connectivity index (χ3n) is 4.62. The van der Waals surface area contributed by atoms with Crippen molar-refractivity contribution in [1.82, 2.24) is 4.90 Å². The predicted octanol–water partition coefficient (Wildman–Crippen LogP) is 3.57. The van der Waals surface area contributed by atoms with Gasteiger partial charge in [-0.2, -0.15) is 0 Å². The van der Waals surface area contributed by atoms with Gasteiger partial charge in [-0.25, -0.2) is 0 Å². The summed E-state index contributed by atoms with van der Waals surface area (Å²) >= 11 is 1.74. The van der Waals surface area contributed by atoms with Crippen LogP contribution in [0.5, 0.6) is 0 Å². The Bertz CT molecular complexity index is 447. The van der Waals surface area contributed by atoms with Crippen LogP contribution in [0, 0.1) is 5.92 Å². The Morgan fingerprint density at radius 1 is 1.29 bits per heavy atom. The molecule has 1 amide bonds. The van der Waals surface area contributed by atoms with Gasteiger partial charge in [-0.3, -0.25) is 4.79 Å². The van der Waals surface area contributed by atoms with Gasteiger partial charge in [-0.15, -0.1) is 23.7 Å². The zero-order chi connectivity index (χ0) is 13.9. The lowest BCUT2D eigenvalue weighted by Gasteiger charge is -2.30. The van der Waals surface area contributed by atoms with Gasteiger partial charge in [0.25, 0.3) is 0 Å². The number of nitrogens with zero attached hydrogens (tertiary/aromatic N) is 1. The average molecular weight is 329 g/mol. The molecule has 2 aliphatic rings. The van der Waals surface area contributed by atoms with E-state index in [1.165, 1.54) is 30.6 Å². The SMILES string of the molecule is Cl.NC1CCCCC1CC(=O)N(Cc1cccs1)C1CC1. The maximum absolute atomic E-state index is 12.6. The van der Waals surface area contributed by atoms with Crippen molar-refractivity contribution in [3.05, 3.63) is 22.4 Å². The molecular formula is C16H25ClN2OS. The third-order valence-corrected chi connectivity index (χ3v) is 5.48. The Balaban J connectivity index is 0.00000161. The molecule has 21 heavy (non-hydrogen) atoms. The van der Waals surface area contributed by atoms with Gasteiger partial charge in [0.05, 0.1) is 6.54 Å².